The van der Waals surface area contributed by atoms with Crippen molar-refractivity contribution in [1.29, 1.82) is 0 Å². The van der Waals surface area contributed by atoms with E-state index in [9.17, 15) is 9.59 Å². The molecule has 1 amide bonds. The molecule has 3 N–H and O–H groups in total. The number of carboxylic acids is 1. The lowest BCUT2D eigenvalue weighted by Gasteiger charge is -2.41. The number of rotatable bonds is 1. The maximum absolute atomic E-state index is 11.8. The van der Waals surface area contributed by atoms with E-state index >= 15 is 0 Å². The van der Waals surface area contributed by atoms with Crippen LogP contribution in [0.15, 0.2) is 18.2 Å². The van der Waals surface area contributed by atoms with Crippen LogP contribution in [-0.4, -0.2) is 22.5 Å². The molecule has 0 saturated heterocycles. The fourth-order valence-corrected chi connectivity index (χ4v) is 2.63. The van der Waals surface area contributed by atoms with Gasteiger partial charge in [-0.15, -0.1) is 0 Å². The number of benzene rings is 1. The number of anilines is 2. The minimum atomic E-state index is -0.991. The quantitative estimate of drug-likeness (QED) is 0.708. The molecule has 1 saturated carbocycles. The van der Waals surface area contributed by atoms with Gasteiger partial charge in [0.05, 0.1) is 16.9 Å². The van der Waals surface area contributed by atoms with E-state index in [1.807, 2.05) is 0 Å². The van der Waals surface area contributed by atoms with E-state index in [0.29, 0.717) is 12.1 Å². The molecule has 0 radical (unpaired) electrons. The van der Waals surface area contributed by atoms with Gasteiger partial charge in [-0.05, 0) is 37.5 Å². The lowest BCUT2D eigenvalue weighted by atomic mass is 9.74. The number of nitrogens with one attached hydrogen (secondary N) is 2. The molecule has 1 aliphatic carbocycles. The van der Waals surface area contributed by atoms with Crippen molar-refractivity contribution in [3.63, 3.8) is 0 Å². The third-order valence-corrected chi connectivity index (χ3v) is 3.75. The third-order valence-electron chi connectivity index (χ3n) is 3.75. The van der Waals surface area contributed by atoms with Crippen LogP contribution in [0.1, 0.15) is 36.0 Å². The number of carboxylic acid groups (broad SMARTS) is 1. The highest BCUT2D eigenvalue weighted by molar-refractivity contribution is 5.99. The number of hydrogen-bond donors (Lipinski definition) is 3. The Hall–Kier alpha value is -2.04. The number of carbonyl (C=O) groups excluding carboxylic acids is 1. The van der Waals surface area contributed by atoms with Gasteiger partial charge in [-0.1, -0.05) is 0 Å². The van der Waals surface area contributed by atoms with E-state index < -0.39 is 5.97 Å². The minimum absolute atomic E-state index is 0.0523. The smallest absolute Gasteiger partial charge is 0.335 e. The molecule has 3 rings (SSSR count). The first-order valence-electron chi connectivity index (χ1n) is 6.03. The minimum Gasteiger partial charge on any atom is -0.478 e. The Bertz CT molecular complexity index is 535. The van der Waals surface area contributed by atoms with Crippen LogP contribution in [-0.2, 0) is 4.79 Å². The predicted molar refractivity (Wildman–Crippen MR) is 66.9 cm³/mol. The van der Waals surface area contributed by atoms with Gasteiger partial charge in [-0.25, -0.2) is 4.79 Å². The zero-order valence-electron chi connectivity index (χ0n) is 9.82. The van der Waals surface area contributed by atoms with E-state index in [2.05, 4.69) is 10.6 Å². The average Bonchev–Trinajstić information content (AvgIpc) is 2.42. The summed E-state index contributed by atoms with van der Waals surface area (Å²) >= 11 is 0. The molecular formula is C13H14N2O3. The van der Waals surface area contributed by atoms with E-state index in [1.54, 1.807) is 12.1 Å². The van der Waals surface area contributed by atoms with Crippen LogP contribution >= 0.6 is 0 Å². The Balaban J connectivity index is 2.00. The lowest BCUT2D eigenvalue weighted by molar-refractivity contribution is -0.117. The highest BCUT2D eigenvalue weighted by atomic mass is 16.4. The van der Waals surface area contributed by atoms with Gasteiger partial charge in [0.2, 0.25) is 5.91 Å². The molecule has 0 aromatic heterocycles. The number of aromatic carboxylic acids is 1. The molecule has 5 nitrogen and oxygen atoms in total. The van der Waals surface area contributed by atoms with Crippen molar-refractivity contribution in [3.8, 4) is 0 Å². The maximum Gasteiger partial charge on any atom is 0.335 e. The van der Waals surface area contributed by atoms with E-state index in [4.69, 9.17) is 5.11 Å². The van der Waals surface area contributed by atoms with Crippen LogP contribution in [0.3, 0.4) is 0 Å². The van der Waals surface area contributed by atoms with Crippen LogP contribution in [0.4, 0.5) is 11.4 Å². The van der Waals surface area contributed by atoms with Gasteiger partial charge in [-0.3, -0.25) is 4.79 Å². The summed E-state index contributed by atoms with van der Waals surface area (Å²) in [6.45, 7) is 0. The van der Waals surface area contributed by atoms with E-state index in [0.717, 1.165) is 24.9 Å². The number of hydrogen-bond acceptors (Lipinski definition) is 3. The summed E-state index contributed by atoms with van der Waals surface area (Å²) in [6.07, 6.45) is 3.55. The molecule has 5 heteroatoms. The zero-order valence-corrected chi connectivity index (χ0v) is 9.82. The molecule has 94 valence electrons. The fourth-order valence-electron chi connectivity index (χ4n) is 2.63. The van der Waals surface area contributed by atoms with Crippen LogP contribution < -0.4 is 10.6 Å². The molecule has 1 heterocycles. The Morgan fingerprint density at radius 1 is 1.28 bits per heavy atom. The van der Waals surface area contributed by atoms with Crippen molar-refractivity contribution in [2.75, 3.05) is 10.6 Å². The van der Waals surface area contributed by atoms with Crippen LogP contribution in [0.2, 0.25) is 0 Å². The highest BCUT2D eigenvalue weighted by Crippen LogP contribution is 2.42. The second-order valence-corrected chi connectivity index (χ2v) is 5.05. The van der Waals surface area contributed by atoms with Gasteiger partial charge in [0.25, 0.3) is 0 Å². The fraction of sp³-hybridized carbons (Fsp3) is 0.385. The zero-order chi connectivity index (χ0) is 12.8. The predicted octanol–water partition coefficient (Wildman–Crippen LogP) is 2.06. The summed E-state index contributed by atoms with van der Waals surface area (Å²) in [6, 6.07) is 4.78. The molecule has 0 bridgehead atoms. The first kappa shape index (κ1) is 11.1. The topological polar surface area (TPSA) is 78.4 Å². The summed E-state index contributed by atoms with van der Waals surface area (Å²) in [5.41, 5.74) is 1.43. The van der Waals surface area contributed by atoms with E-state index in [-0.39, 0.29) is 17.0 Å². The summed E-state index contributed by atoms with van der Waals surface area (Å²) in [5, 5.41) is 15.1. The molecule has 1 aromatic rings. The highest BCUT2D eigenvalue weighted by Gasteiger charge is 2.41. The molecule has 1 fully saturated rings. The molecule has 2 aliphatic rings. The van der Waals surface area contributed by atoms with Gasteiger partial charge in [0.1, 0.15) is 0 Å². The maximum atomic E-state index is 11.8. The Labute approximate surface area is 104 Å². The standard InChI is InChI=1S/C13H14N2O3/c16-11-7-13(4-1-5-13)15-9-3-2-8(12(17)18)6-10(9)14-11/h2-3,6,15H,1,4-5,7H2,(H,14,16)(H,17,18). The van der Waals surface area contributed by atoms with Gasteiger partial charge in [0, 0.05) is 12.0 Å². The van der Waals surface area contributed by atoms with Gasteiger partial charge in [0.15, 0.2) is 0 Å². The molecule has 0 unspecified atom stereocenters. The van der Waals surface area contributed by atoms with Crippen molar-refractivity contribution >= 4 is 23.3 Å². The number of amides is 1. The number of fused-ring (bicyclic) bond motifs is 1. The van der Waals surface area contributed by atoms with Crippen molar-refractivity contribution in [1.82, 2.24) is 0 Å². The third kappa shape index (κ3) is 1.72. The van der Waals surface area contributed by atoms with Crippen molar-refractivity contribution in [3.05, 3.63) is 23.8 Å². The van der Waals surface area contributed by atoms with Crippen molar-refractivity contribution < 1.29 is 14.7 Å². The summed E-state index contributed by atoms with van der Waals surface area (Å²) in [5.74, 6) is -1.04. The molecule has 1 aliphatic heterocycles. The Morgan fingerprint density at radius 3 is 2.67 bits per heavy atom. The molecule has 18 heavy (non-hydrogen) atoms. The Morgan fingerprint density at radius 2 is 2.06 bits per heavy atom. The SMILES string of the molecule is O=C1CC2(CCC2)Nc2ccc(C(=O)O)cc2N1. The largest absolute Gasteiger partial charge is 0.478 e. The molecular weight excluding hydrogens is 232 g/mol. The van der Waals surface area contributed by atoms with Crippen LogP contribution in [0.25, 0.3) is 0 Å². The molecule has 0 atom stereocenters. The van der Waals surface area contributed by atoms with Crippen molar-refractivity contribution in [2.24, 2.45) is 0 Å². The second kappa shape index (κ2) is 3.73. The number of carbonyl (C=O) groups is 2. The summed E-state index contributed by atoms with van der Waals surface area (Å²) < 4.78 is 0. The van der Waals surface area contributed by atoms with Gasteiger partial charge in [-0.2, -0.15) is 0 Å². The summed E-state index contributed by atoms with van der Waals surface area (Å²) in [4.78, 5) is 22.8. The lowest BCUT2D eigenvalue weighted by Crippen LogP contribution is -2.46. The first-order chi connectivity index (χ1) is 8.58. The van der Waals surface area contributed by atoms with Gasteiger partial charge >= 0.3 is 5.97 Å². The van der Waals surface area contributed by atoms with Crippen LogP contribution in [0.5, 0.6) is 0 Å². The average molecular weight is 246 g/mol. The summed E-state index contributed by atoms with van der Waals surface area (Å²) in [7, 11) is 0. The van der Waals surface area contributed by atoms with E-state index in [1.165, 1.54) is 6.07 Å². The molecule has 1 spiro atoms. The van der Waals surface area contributed by atoms with Crippen LogP contribution in [0, 0.1) is 0 Å². The Kier molecular flexibility index (Phi) is 2.29. The monoisotopic (exact) mass is 246 g/mol. The second-order valence-electron chi connectivity index (χ2n) is 5.05. The van der Waals surface area contributed by atoms with Crippen molar-refractivity contribution in [2.45, 2.75) is 31.2 Å². The normalized spacial score (nSPS) is 20.1. The van der Waals surface area contributed by atoms with Gasteiger partial charge < -0.3 is 15.7 Å². The first-order valence-corrected chi connectivity index (χ1v) is 6.03. The molecule has 1 aromatic carbocycles.